The standard InChI is InChI=1S/C28H24N4O6/c1-2-36-28(35)20-15-19-24(29-23-11-5-6-12-31(23)27(19)34)32(16-18-9-7-13-37-18)25(20)30-26(33)22-14-17-8-3-4-10-21(17)38-22/h3-6,8,10-12,14-15,18H,2,7,9,13,16H2,1H3. The molecule has 0 radical (unpaired) electrons. The molecule has 0 N–H and O–H groups in total. The molecule has 10 heteroatoms. The van der Waals surface area contributed by atoms with E-state index in [0.717, 1.165) is 18.2 Å². The van der Waals surface area contributed by atoms with Crippen LogP contribution in [0.1, 0.15) is 40.7 Å². The van der Waals surface area contributed by atoms with Gasteiger partial charge >= 0.3 is 11.9 Å². The van der Waals surface area contributed by atoms with Crippen LogP contribution in [0.5, 0.6) is 0 Å². The van der Waals surface area contributed by atoms with Crippen LogP contribution in [0.3, 0.4) is 0 Å². The molecule has 1 amide bonds. The lowest BCUT2D eigenvalue weighted by molar-refractivity contribution is 0.0521. The summed E-state index contributed by atoms with van der Waals surface area (Å²) in [5, 5.41) is 0.952. The lowest BCUT2D eigenvalue weighted by Gasteiger charge is -2.17. The van der Waals surface area contributed by atoms with Crippen molar-refractivity contribution in [2.24, 2.45) is 4.99 Å². The number of hydrogen-bond donors (Lipinski definition) is 0. The van der Waals surface area contributed by atoms with Crippen LogP contribution in [-0.2, 0) is 16.0 Å². The van der Waals surface area contributed by atoms with E-state index in [4.69, 9.17) is 18.9 Å². The molecule has 1 atom stereocenters. The summed E-state index contributed by atoms with van der Waals surface area (Å²) in [6.07, 6.45) is 3.07. The Labute approximate surface area is 215 Å². The van der Waals surface area contributed by atoms with Gasteiger partial charge in [-0.1, -0.05) is 24.3 Å². The molecule has 10 nitrogen and oxygen atoms in total. The van der Waals surface area contributed by atoms with E-state index in [2.05, 4.69) is 4.99 Å². The summed E-state index contributed by atoms with van der Waals surface area (Å²) in [4.78, 5) is 49.1. The molecule has 0 aliphatic carbocycles. The summed E-state index contributed by atoms with van der Waals surface area (Å²) in [6, 6.07) is 15.5. The number of para-hydroxylation sites is 1. The van der Waals surface area contributed by atoms with Crippen molar-refractivity contribution in [1.29, 1.82) is 0 Å². The normalized spacial score (nSPS) is 16.0. The number of ether oxygens (including phenoxy) is 2. The van der Waals surface area contributed by atoms with E-state index < -0.39 is 11.9 Å². The summed E-state index contributed by atoms with van der Waals surface area (Å²) in [5.41, 5.74) is 0.919. The summed E-state index contributed by atoms with van der Waals surface area (Å²) >= 11 is 0. The maximum atomic E-state index is 13.5. The fraction of sp³-hybridized carbons (Fsp3) is 0.250. The van der Waals surface area contributed by atoms with Gasteiger partial charge in [-0.25, -0.2) is 9.78 Å². The van der Waals surface area contributed by atoms with Gasteiger partial charge in [0.05, 0.1) is 24.6 Å². The van der Waals surface area contributed by atoms with Crippen molar-refractivity contribution in [2.45, 2.75) is 32.4 Å². The van der Waals surface area contributed by atoms with Crippen molar-refractivity contribution in [3.63, 3.8) is 0 Å². The van der Waals surface area contributed by atoms with Crippen molar-refractivity contribution < 1.29 is 23.5 Å². The second-order valence-electron chi connectivity index (χ2n) is 9.00. The molecule has 6 rings (SSSR count). The fourth-order valence-electron chi connectivity index (χ4n) is 4.76. The first-order valence-electron chi connectivity index (χ1n) is 12.4. The molecule has 1 aliphatic heterocycles. The zero-order valence-corrected chi connectivity index (χ0v) is 20.6. The first-order valence-corrected chi connectivity index (χ1v) is 12.4. The number of esters is 1. The highest BCUT2D eigenvalue weighted by Crippen LogP contribution is 2.20. The van der Waals surface area contributed by atoms with E-state index in [9.17, 15) is 14.4 Å². The Morgan fingerprint density at radius 3 is 2.79 bits per heavy atom. The summed E-state index contributed by atoms with van der Waals surface area (Å²) in [5.74, 6) is -1.36. The van der Waals surface area contributed by atoms with Gasteiger partial charge in [0.25, 0.3) is 5.56 Å². The predicted molar refractivity (Wildman–Crippen MR) is 138 cm³/mol. The average Bonchev–Trinajstić information content (AvgIpc) is 3.60. The zero-order valence-electron chi connectivity index (χ0n) is 20.6. The Morgan fingerprint density at radius 1 is 1.16 bits per heavy atom. The third-order valence-corrected chi connectivity index (χ3v) is 6.54. The van der Waals surface area contributed by atoms with Crippen LogP contribution in [0.4, 0.5) is 0 Å². The van der Waals surface area contributed by atoms with E-state index in [-0.39, 0.29) is 47.0 Å². The summed E-state index contributed by atoms with van der Waals surface area (Å²) in [7, 11) is 0. The molecular weight excluding hydrogens is 488 g/mol. The lowest BCUT2D eigenvalue weighted by atomic mass is 10.2. The number of nitrogens with zero attached hydrogens (tertiary/aromatic N) is 4. The quantitative estimate of drug-likeness (QED) is 0.261. The molecule has 4 aromatic heterocycles. The summed E-state index contributed by atoms with van der Waals surface area (Å²) < 4.78 is 19.9. The number of hydrogen-bond acceptors (Lipinski definition) is 7. The molecule has 192 valence electrons. The Kier molecular flexibility index (Phi) is 6.09. The van der Waals surface area contributed by atoms with E-state index >= 15 is 0 Å². The van der Waals surface area contributed by atoms with Gasteiger partial charge in [0.1, 0.15) is 22.4 Å². The number of carbonyl (C=O) groups excluding carboxylic acids is 2. The number of rotatable bonds is 5. The van der Waals surface area contributed by atoms with Gasteiger partial charge in [0.2, 0.25) is 0 Å². The highest BCUT2D eigenvalue weighted by atomic mass is 16.5. The van der Waals surface area contributed by atoms with Gasteiger partial charge in [0, 0.05) is 18.2 Å². The second kappa shape index (κ2) is 9.71. The molecule has 0 spiro atoms. The van der Waals surface area contributed by atoms with Crippen LogP contribution in [0.2, 0.25) is 0 Å². The number of fused-ring (bicyclic) bond motifs is 3. The van der Waals surface area contributed by atoms with Crippen molar-refractivity contribution in [1.82, 2.24) is 14.0 Å². The minimum atomic E-state index is -0.704. The van der Waals surface area contributed by atoms with E-state index in [1.165, 1.54) is 10.5 Å². The number of aromatic nitrogens is 3. The Balaban J connectivity index is 1.66. The number of furan rings is 1. The molecule has 1 unspecified atom stereocenters. The molecule has 5 heterocycles. The van der Waals surface area contributed by atoms with Crippen molar-refractivity contribution in [3.05, 3.63) is 88.0 Å². The first kappa shape index (κ1) is 23.8. The van der Waals surface area contributed by atoms with Gasteiger partial charge in [0.15, 0.2) is 11.2 Å². The number of carbonyl (C=O) groups is 2. The van der Waals surface area contributed by atoms with Crippen molar-refractivity contribution in [2.75, 3.05) is 13.2 Å². The van der Waals surface area contributed by atoms with E-state index in [1.54, 1.807) is 48.0 Å². The minimum Gasteiger partial charge on any atom is -0.462 e. The molecule has 38 heavy (non-hydrogen) atoms. The molecule has 0 bridgehead atoms. The van der Waals surface area contributed by atoms with Gasteiger partial charge in [-0.05, 0) is 50.1 Å². The third-order valence-electron chi connectivity index (χ3n) is 6.54. The number of amides is 1. The van der Waals surface area contributed by atoms with Crippen LogP contribution in [0.25, 0.3) is 27.6 Å². The summed E-state index contributed by atoms with van der Waals surface area (Å²) in [6.45, 7) is 2.63. The van der Waals surface area contributed by atoms with Crippen molar-refractivity contribution >= 4 is 39.5 Å². The van der Waals surface area contributed by atoms with E-state index in [1.807, 2.05) is 18.2 Å². The number of pyridine rings is 2. The Hall–Kier alpha value is -4.57. The molecule has 1 fully saturated rings. The average molecular weight is 513 g/mol. The van der Waals surface area contributed by atoms with E-state index in [0.29, 0.717) is 23.5 Å². The van der Waals surface area contributed by atoms with Crippen molar-refractivity contribution in [3.8, 4) is 0 Å². The van der Waals surface area contributed by atoms with Crippen LogP contribution < -0.4 is 11.0 Å². The van der Waals surface area contributed by atoms with Crippen LogP contribution in [0.15, 0.2) is 75.0 Å². The first-order chi connectivity index (χ1) is 18.5. The van der Waals surface area contributed by atoms with Gasteiger partial charge < -0.3 is 18.5 Å². The Bertz CT molecular complexity index is 1810. The maximum Gasteiger partial charge on any atom is 0.341 e. The Morgan fingerprint density at radius 2 is 2.00 bits per heavy atom. The highest BCUT2D eigenvalue weighted by Gasteiger charge is 2.24. The zero-order chi connectivity index (χ0) is 26.2. The maximum absolute atomic E-state index is 13.5. The van der Waals surface area contributed by atoms with Gasteiger partial charge in [-0.2, -0.15) is 4.99 Å². The van der Waals surface area contributed by atoms with Crippen LogP contribution in [-0.4, -0.2) is 45.1 Å². The van der Waals surface area contributed by atoms with Gasteiger partial charge in [-0.15, -0.1) is 0 Å². The molecule has 1 saturated heterocycles. The largest absolute Gasteiger partial charge is 0.462 e. The SMILES string of the molecule is CCOC(=O)c1cc2c(=O)n3ccccc3nc2n(CC2CCCO2)c1=NC(=O)c1cc2ccccc2o1. The van der Waals surface area contributed by atoms with Gasteiger partial charge in [-0.3, -0.25) is 14.0 Å². The molecule has 0 saturated carbocycles. The molecular formula is C28H24N4O6. The lowest BCUT2D eigenvalue weighted by Crippen LogP contribution is -2.35. The monoisotopic (exact) mass is 512 g/mol. The second-order valence-corrected chi connectivity index (χ2v) is 9.00. The third kappa shape index (κ3) is 4.18. The highest BCUT2D eigenvalue weighted by molar-refractivity contribution is 5.98. The minimum absolute atomic E-state index is 0.0170. The fourth-order valence-corrected chi connectivity index (χ4v) is 4.76. The molecule has 1 aromatic carbocycles. The van der Waals surface area contributed by atoms with Crippen LogP contribution >= 0.6 is 0 Å². The number of benzene rings is 1. The topological polar surface area (TPSA) is 117 Å². The predicted octanol–water partition coefficient (Wildman–Crippen LogP) is 3.49. The molecule has 1 aliphatic rings. The molecule has 5 aromatic rings. The van der Waals surface area contributed by atoms with Crippen LogP contribution in [0, 0.1) is 0 Å². The smallest absolute Gasteiger partial charge is 0.341 e.